The van der Waals surface area contributed by atoms with Gasteiger partial charge < -0.3 is 9.47 Å². The predicted molar refractivity (Wildman–Crippen MR) is 118 cm³/mol. The number of carbonyl (C=O) groups excluding carboxylic acids is 1. The number of methoxy groups -OCH3 is 2. The lowest BCUT2D eigenvalue weighted by molar-refractivity contribution is 0.104. The van der Waals surface area contributed by atoms with E-state index in [0.717, 1.165) is 26.4 Å². The number of nitrogens with zero attached hydrogens (tertiary/aromatic N) is 1. The quantitative estimate of drug-likeness (QED) is 0.299. The molecule has 5 heteroatoms. The van der Waals surface area contributed by atoms with E-state index >= 15 is 0 Å². The number of fused-ring (bicyclic) bond motifs is 1. The van der Waals surface area contributed by atoms with Crippen molar-refractivity contribution in [2.75, 3.05) is 14.2 Å². The SMILES string of the molecule is COc1ccc(C=CC(=O)c2ccc(-c3nc4ccccc4s3)cc2)c(OC)c1. The molecule has 4 aromatic rings. The Morgan fingerprint density at radius 1 is 0.966 bits per heavy atom. The summed E-state index contributed by atoms with van der Waals surface area (Å²) in [7, 11) is 3.19. The molecule has 0 N–H and O–H groups in total. The van der Waals surface area contributed by atoms with Crippen LogP contribution in [0.3, 0.4) is 0 Å². The first-order valence-electron chi connectivity index (χ1n) is 9.08. The molecule has 0 saturated heterocycles. The monoisotopic (exact) mass is 401 g/mol. The van der Waals surface area contributed by atoms with Crippen LogP contribution in [0.25, 0.3) is 26.9 Å². The Kier molecular flexibility index (Phi) is 5.40. The van der Waals surface area contributed by atoms with Gasteiger partial charge in [-0.05, 0) is 36.4 Å². The van der Waals surface area contributed by atoms with Gasteiger partial charge in [0.1, 0.15) is 16.5 Å². The first-order valence-corrected chi connectivity index (χ1v) is 9.90. The van der Waals surface area contributed by atoms with Crippen LogP contribution in [0.4, 0.5) is 0 Å². The number of benzene rings is 3. The highest BCUT2D eigenvalue weighted by Crippen LogP contribution is 2.30. The summed E-state index contributed by atoms with van der Waals surface area (Å²) in [5.41, 5.74) is 3.43. The predicted octanol–water partition coefficient (Wildman–Crippen LogP) is 5.88. The van der Waals surface area contributed by atoms with Crippen LogP contribution in [0.2, 0.25) is 0 Å². The van der Waals surface area contributed by atoms with Gasteiger partial charge in [-0.3, -0.25) is 4.79 Å². The van der Waals surface area contributed by atoms with Crippen molar-refractivity contribution < 1.29 is 14.3 Å². The smallest absolute Gasteiger partial charge is 0.185 e. The van der Waals surface area contributed by atoms with Gasteiger partial charge in [0.05, 0.1) is 24.4 Å². The molecule has 144 valence electrons. The van der Waals surface area contributed by atoms with E-state index in [9.17, 15) is 4.79 Å². The molecule has 0 radical (unpaired) electrons. The third-order valence-electron chi connectivity index (χ3n) is 4.57. The van der Waals surface area contributed by atoms with E-state index in [-0.39, 0.29) is 5.78 Å². The van der Waals surface area contributed by atoms with E-state index < -0.39 is 0 Å². The summed E-state index contributed by atoms with van der Waals surface area (Å²) in [5, 5.41) is 0.948. The normalized spacial score (nSPS) is 11.1. The molecule has 0 bridgehead atoms. The number of carbonyl (C=O) groups is 1. The zero-order valence-electron chi connectivity index (χ0n) is 16.1. The summed E-state index contributed by atoms with van der Waals surface area (Å²) in [5.74, 6) is 1.29. The molecule has 1 aromatic heterocycles. The van der Waals surface area contributed by atoms with E-state index in [0.29, 0.717) is 17.1 Å². The van der Waals surface area contributed by atoms with Crippen molar-refractivity contribution in [3.63, 3.8) is 0 Å². The van der Waals surface area contributed by atoms with Crippen molar-refractivity contribution in [1.29, 1.82) is 0 Å². The molecule has 0 fully saturated rings. The average Bonchev–Trinajstić information content (AvgIpc) is 3.21. The van der Waals surface area contributed by atoms with Gasteiger partial charge in [-0.2, -0.15) is 0 Å². The van der Waals surface area contributed by atoms with E-state index in [1.165, 1.54) is 0 Å². The summed E-state index contributed by atoms with van der Waals surface area (Å²) < 4.78 is 11.7. The Labute approximate surface area is 173 Å². The van der Waals surface area contributed by atoms with Crippen LogP contribution in [0.1, 0.15) is 15.9 Å². The van der Waals surface area contributed by atoms with Crippen LogP contribution in [-0.2, 0) is 0 Å². The average molecular weight is 401 g/mol. The fourth-order valence-electron chi connectivity index (χ4n) is 2.99. The van der Waals surface area contributed by atoms with Crippen LogP contribution < -0.4 is 9.47 Å². The van der Waals surface area contributed by atoms with Gasteiger partial charge >= 0.3 is 0 Å². The zero-order valence-corrected chi connectivity index (χ0v) is 16.9. The van der Waals surface area contributed by atoms with Gasteiger partial charge in [-0.25, -0.2) is 4.98 Å². The number of thiazole rings is 1. The van der Waals surface area contributed by atoms with E-state index in [4.69, 9.17) is 9.47 Å². The molecule has 0 aliphatic heterocycles. The van der Waals surface area contributed by atoms with E-state index in [1.54, 1.807) is 43.8 Å². The topological polar surface area (TPSA) is 48.4 Å². The van der Waals surface area contributed by atoms with Crippen LogP contribution in [0, 0.1) is 0 Å². The Bertz CT molecular complexity index is 1160. The number of hydrogen-bond donors (Lipinski definition) is 0. The lowest BCUT2D eigenvalue weighted by Crippen LogP contribution is -1.94. The summed E-state index contributed by atoms with van der Waals surface area (Å²) in [6.45, 7) is 0. The van der Waals surface area contributed by atoms with Gasteiger partial charge in [0.25, 0.3) is 0 Å². The Morgan fingerprint density at radius 2 is 1.76 bits per heavy atom. The second-order valence-corrected chi connectivity index (χ2v) is 7.40. The maximum Gasteiger partial charge on any atom is 0.185 e. The highest BCUT2D eigenvalue weighted by molar-refractivity contribution is 7.21. The van der Waals surface area contributed by atoms with Crippen LogP contribution in [0.5, 0.6) is 11.5 Å². The maximum atomic E-state index is 12.6. The first-order chi connectivity index (χ1) is 14.2. The van der Waals surface area contributed by atoms with Gasteiger partial charge in [-0.15, -0.1) is 11.3 Å². The number of hydrogen-bond acceptors (Lipinski definition) is 5. The number of allylic oxidation sites excluding steroid dienone is 1. The van der Waals surface area contributed by atoms with Crippen molar-refractivity contribution in [3.05, 3.63) is 83.9 Å². The number of para-hydroxylation sites is 1. The number of aromatic nitrogens is 1. The van der Waals surface area contributed by atoms with Gasteiger partial charge in [0.2, 0.25) is 0 Å². The highest BCUT2D eigenvalue weighted by Gasteiger charge is 2.08. The largest absolute Gasteiger partial charge is 0.497 e. The molecule has 4 nitrogen and oxygen atoms in total. The highest BCUT2D eigenvalue weighted by atomic mass is 32.1. The minimum atomic E-state index is -0.0706. The minimum Gasteiger partial charge on any atom is -0.497 e. The maximum absolute atomic E-state index is 12.6. The minimum absolute atomic E-state index is 0.0706. The Hall–Kier alpha value is -3.44. The molecule has 29 heavy (non-hydrogen) atoms. The molecule has 0 amide bonds. The second kappa shape index (κ2) is 8.29. The van der Waals surface area contributed by atoms with Crippen molar-refractivity contribution in [2.24, 2.45) is 0 Å². The van der Waals surface area contributed by atoms with Crippen molar-refractivity contribution in [2.45, 2.75) is 0 Å². The van der Waals surface area contributed by atoms with Crippen molar-refractivity contribution in [3.8, 4) is 22.1 Å². The third-order valence-corrected chi connectivity index (χ3v) is 5.65. The molecule has 0 saturated carbocycles. The molecule has 0 atom stereocenters. The van der Waals surface area contributed by atoms with Crippen LogP contribution >= 0.6 is 11.3 Å². The number of ether oxygens (including phenoxy) is 2. The van der Waals surface area contributed by atoms with Crippen LogP contribution in [-0.4, -0.2) is 25.0 Å². The van der Waals surface area contributed by atoms with Crippen molar-refractivity contribution >= 4 is 33.4 Å². The fraction of sp³-hybridized carbons (Fsp3) is 0.0833. The fourth-order valence-corrected chi connectivity index (χ4v) is 3.96. The Balaban J connectivity index is 1.53. The van der Waals surface area contributed by atoms with E-state index in [1.807, 2.05) is 54.6 Å². The van der Waals surface area contributed by atoms with E-state index in [2.05, 4.69) is 11.1 Å². The lowest BCUT2D eigenvalue weighted by Gasteiger charge is -2.07. The molecule has 3 aromatic carbocycles. The zero-order chi connectivity index (χ0) is 20.2. The molecule has 0 spiro atoms. The molecule has 4 rings (SSSR count). The molecule has 0 unspecified atom stereocenters. The molecule has 0 aliphatic carbocycles. The Morgan fingerprint density at radius 3 is 2.48 bits per heavy atom. The van der Waals surface area contributed by atoms with Crippen LogP contribution in [0.15, 0.2) is 72.8 Å². The lowest BCUT2D eigenvalue weighted by atomic mass is 10.1. The van der Waals surface area contributed by atoms with Crippen molar-refractivity contribution in [1.82, 2.24) is 4.98 Å². The first kappa shape index (κ1) is 18.9. The summed E-state index contributed by atoms with van der Waals surface area (Å²) in [4.78, 5) is 17.2. The summed E-state index contributed by atoms with van der Waals surface area (Å²) in [6.07, 6.45) is 3.30. The molecule has 1 heterocycles. The standard InChI is InChI=1S/C24H19NO3S/c1-27-19-13-11-17(22(15-19)28-2)12-14-21(26)16-7-9-18(10-8-16)24-25-20-5-3-4-6-23(20)29-24/h3-15H,1-2H3. The van der Waals surface area contributed by atoms with Gasteiger partial charge in [-0.1, -0.05) is 36.4 Å². The third kappa shape index (κ3) is 4.05. The summed E-state index contributed by atoms with van der Waals surface area (Å²) >= 11 is 1.65. The molecule has 0 aliphatic rings. The second-order valence-electron chi connectivity index (χ2n) is 6.37. The molecular weight excluding hydrogens is 382 g/mol. The number of ketones is 1. The van der Waals surface area contributed by atoms with Gasteiger partial charge in [0, 0.05) is 22.8 Å². The summed E-state index contributed by atoms with van der Waals surface area (Å²) in [6, 6.07) is 21.1. The number of rotatable bonds is 6. The van der Waals surface area contributed by atoms with Gasteiger partial charge in [0.15, 0.2) is 5.78 Å². The molecular formula is C24H19NO3S.